The first-order chi connectivity index (χ1) is 9.31. The Kier molecular flexibility index (Phi) is 11.2. The van der Waals surface area contributed by atoms with Crippen LogP contribution in [0.15, 0.2) is 29.3 Å². The molecule has 0 aliphatic heterocycles. The summed E-state index contributed by atoms with van der Waals surface area (Å²) in [5, 5.41) is 6.41. The van der Waals surface area contributed by atoms with Crippen LogP contribution < -0.4 is 15.4 Å². The average molecular weight is 393 g/mol. The normalized spacial score (nSPS) is 10.7. The third-order valence-electron chi connectivity index (χ3n) is 2.54. The van der Waals surface area contributed by atoms with Gasteiger partial charge in [0.25, 0.3) is 0 Å². The van der Waals surface area contributed by atoms with Gasteiger partial charge in [0.05, 0.1) is 13.2 Å². The van der Waals surface area contributed by atoms with Crippen molar-refractivity contribution in [2.75, 3.05) is 33.9 Å². The summed E-state index contributed by atoms with van der Waals surface area (Å²) >= 11 is 0. The van der Waals surface area contributed by atoms with Crippen molar-refractivity contribution in [1.29, 1.82) is 0 Å². The number of guanidine groups is 1. The fraction of sp³-hybridized carbons (Fsp3) is 0.500. The zero-order valence-electron chi connectivity index (χ0n) is 12.3. The zero-order chi connectivity index (χ0) is 13.9. The van der Waals surface area contributed by atoms with Crippen molar-refractivity contribution in [3.05, 3.63) is 29.8 Å². The molecular formula is C14H24IN3O2. The predicted molar refractivity (Wildman–Crippen MR) is 93.1 cm³/mol. The number of hydrogen-bond acceptors (Lipinski definition) is 3. The molecule has 0 atom stereocenters. The molecule has 6 heteroatoms. The summed E-state index contributed by atoms with van der Waals surface area (Å²) in [6.07, 6.45) is 0. The van der Waals surface area contributed by atoms with Gasteiger partial charge in [-0.1, -0.05) is 18.2 Å². The van der Waals surface area contributed by atoms with Crippen molar-refractivity contribution >= 4 is 29.9 Å². The molecule has 0 spiro atoms. The Morgan fingerprint density at radius 2 is 2.00 bits per heavy atom. The number of rotatable bonds is 7. The van der Waals surface area contributed by atoms with E-state index < -0.39 is 0 Å². The smallest absolute Gasteiger partial charge is 0.191 e. The second-order valence-corrected chi connectivity index (χ2v) is 3.89. The van der Waals surface area contributed by atoms with Gasteiger partial charge >= 0.3 is 0 Å². The Bertz CT molecular complexity index is 400. The molecule has 0 bridgehead atoms. The maximum absolute atomic E-state index is 5.58. The van der Waals surface area contributed by atoms with Crippen LogP contribution >= 0.6 is 24.0 Å². The van der Waals surface area contributed by atoms with Gasteiger partial charge in [-0.3, -0.25) is 4.99 Å². The van der Waals surface area contributed by atoms with Crippen LogP contribution in [0.3, 0.4) is 0 Å². The summed E-state index contributed by atoms with van der Waals surface area (Å²) < 4.78 is 10.6. The van der Waals surface area contributed by atoms with Gasteiger partial charge in [-0.15, -0.1) is 24.0 Å². The third kappa shape index (κ3) is 6.95. The van der Waals surface area contributed by atoms with Gasteiger partial charge in [0.15, 0.2) is 5.96 Å². The molecular weight excluding hydrogens is 369 g/mol. The SMILES string of the molecule is CCOc1ccccc1CNC(=NC)NCCOC.I. The maximum Gasteiger partial charge on any atom is 0.191 e. The fourth-order valence-electron chi connectivity index (χ4n) is 1.62. The largest absolute Gasteiger partial charge is 0.494 e. The lowest BCUT2D eigenvalue weighted by molar-refractivity contribution is 0.203. The lowest BCUT2D eigenvalue weighted by Crippen LogP contribution is -2.38. The van der Waals surface area contributed by atoms with Crippen LogP contribution in [0, 0.1) is 0 Å². The lowest BCUT2D eigenvalue weighted by atomic mass is 10.2. The highest BCUT2D eigenvalue weighted by Crippen LogP contribution is 2.17. The van der Waals surface area contributed by atoms with Crippen LogP contribution in [-0.4, -0.2) is 39.9 Å². The van der Waals surface area contributed by atoms with Crippen molar-refractivity contribution in [3.63, 3.8) is 0 Å². The van der Waals surface area contributed by atoms with Gasteiger partial charge < -0.3 is 20.1 Å². The molecule has 0 amide bonds. The molecule has 0 saturated carbocycles. The topological polar surface area (TPSA) is 54.9 Å². The molecule has 1 aromatic carbocycles. The molecule has 5 nitrogen and oxygen atoms in total. The first-order valence-electron chi connectivity index (χ1n) is 6.46. The van der Waals surface area contributed by atoms with E-state index in [4.69, 9.17) is 9.47 Å². The summed E-state index contributed by atoms with van der Waals surface area (Å²) in [6.45, 7) is 4.69. The summed E-state index contributed by atoms with van der Waals surface area (Å²) in [7, 11) is 3.42. The van der Waals surface area contributed by atoms with Crippen molar-refractivity contribution < 1.29 is 9.47 Å². The Hall–Kier alpha value is -1.02. The second kappa shape index (κ2) is 11.8. The minimum Gasteiger partial charge on any atom is -0.494 e. The maximum atomic E-state index is 5.58. The molecule has 1 aromatic rings. The van der Waals surface area contributed by atoms with Gasteiger partial charge in [-0.25, -0.2) is 0 Å². The number of ether oxygens (including phenoxy) is 2. The Balaban J connectivity index is 0.00000361. The van der Waals surface area contributed by atoms with Crippen LogP contribution in [0.2, 0.25) is 0 Å². The number of benzene rings is 1. The first-order valence-corrected chi connectivity index (χ1v) is 6.46. The number of aliphatic imine (C=N–C) groups is 1. The van der Waals surface area contributed by atoms with E-state index in [0.29, 0.717) is 19.8 Å². The highest BCUT2D eigenvalue weighted by Gasteiger charge is 2.03. The van der Waals surface area contributed by atoms with Gasteiger partial charge in [-0.05, 0) is 13.0 Å². The van der Waals surface area contributed by atoms with E-state index >= 15 is 0 Å². The standard InChI is InChI=1S/C14H23N3O2.HI/c1-4-19-13-8-6-5-7-12(13)11-17-14(15-2)16-9-10-18-3;/h5-8H,4,9-11H2,1-3H3,(H2,15,16,17);1H. The molecule has 20 heavy (non-hydrogen) atoms. The molecule has 114 valence electrons. The van der Waals surface area contributed by atoms with Crippen LogP contribution in [-0.2, 0) is 11.3 Å². The molecule has 0 fully saturated rings. The Morgan fingerprint density at radius 1 is 1.25 bits per heavy atom. The summed E-state index contributed by atoms with van der Waals surface area (Å²) in [5.41, 5.74) is 1.11. The van der Waals surface area contributed by atoms with E-state index in [1.54, 1.807) is 14.2 Å². The number of methoxy groups -OCH3 is 1. The number of para-hydroxylation sites is 1. The summed E-state index contributed by atoms with van der Waals surface area (Å²) in [4.78, 5) is 4.15. The molecule has 0 aliphatic carbocycles. The highest BCUT2D eigenvalue weighted by atomic mass is 127. The van der Waals surface area contributed by atoms with E-state index in [9.17, 15) is 0 Å². The van der Waals surface area contributed by atoms with E-state index in [2.05, 4.69) is 15.6 Å². The molecule has 0 radical (unpaired) electrons. The Morgan fingerprint density at radius 3 is 2.65 bits per heavy atom. The molecule has 0 saturated heterocycles. The first kappa shape index (κ1) is 19.0. The van der Waals surface area contributed by atoms with Crippen LogP contribution in [0.5, 0.6) is 5.75 Å². The summed E-state index contributed by atoms with van der Waals surface area (Å²) in [5.74, 6) is 1.66. The quantitative estimate of drug-likeness (QED) is 0.322. The molecule has 0 aliphatic rings. The molecule has 2 N–H and O–H groups in total. The van der Waals surface area contributed by atoms with Crippen molar-refractivity contribution in [2.45, 2.75) is 13.5 Å². The number of nitrogens with one attached hydrogen (secondary N) is 2. The number of nitrogens with zero attached hydrogens (tertiary/aromatic N) is 1. The zero-order valence-corrected chi connectivity index (χ0v) is 14.6. The molecule has 0 aromatic heterocycles. The van der Waals surface area contributed by atoms with Gasteiger partial charge in [-0.2, -0.15) is 0 Å². The third-order valence-corrected chi connectivity index (χ3v) is 2.54. The predicted octanol–water partition coefficient (Wildman–Crippen LogP) is 2.01. The monoisotopic (exact) mass is 393 g/mol. The molecule has 0 heterocycles. The Labute approximate surface area is 138 Å². The van der Waals surface area contributed by atoms with Crippen LogP contribution in [0.1, 0.15) is 12.5 Å². The van der Waals surface area contributed by atoms with E-state index in [1.165, 1.54) is 0 Å². The lowest BCUT2D eigenvalue weighted by Gasteiger charge is -2.14. The summed E-state index contributed by atoms with van der Waals surface area (Å²) in [6, 6.07) is 7.99. The van der Waals surface area contributed by atoms with Crippen LogP contribution in [0.4, 0.5) is 0 Å². The van der Waals surface area contributed by atoms with Gasteiger partial charge in [0.1, 0.15) is 5.75 Å². The van der Waals surface area contributed by atoms with Crippen LogP contribution in [0.25, 0.3) is 0 Å². The van der Waals surface area contributed by atoms with Gasteiger partial charge in [0.2, 0.25) is 0 Å². The number of hydrogen-bond donors (Lipinski definition) is 2. The number of halogens is 1. The van der Waals surface area contributed by atoms with E-state index in [-0.39, 0.29) is 24.0 Å². The van der Waals surface area contributed by atoms with Gasteiger partial charge in [0, 0.05) is 32.8 Å². The molecule has 0 unspecified atom stereocenters. The minimum atomic E-state index is 0. The van der Waals surface area contributed by atoms with Crippen molar-refractivity contribution in [1.82, 2.24) is 10.6 Å². The highest BCUT2D eigenvalue weighted by molar-refractivity contribution is 14.0. The van der Waals surface area contributed by atoms with Crippen molar-refractivity contribution in [2.24, 2.45) is 4.99 Å². The van der Waals surface area contributed by atoms with Crippen molar-refractivity contribution in [3.8, 4) is 5.75 Å². The van der Waals surface area contributed by atoms with E-state index in [1.807, 2.05) is 31.2 Å². The average Bonchev–Trinajstić information content (AvgIpc) is 2.44. The molecule has 1 rings (SSSR count). The minimum absolute atomic E-state index is 0. The second-order valence-electron chi connectivity index (χ2n) is 3.89. The fourth-order valence-corrected chi connectivity index (χ4v) is 1.62. The van der Waals surface area contributed by atoms with E-state index in [0.717, 1.165) is 23.8 Å².